The number of imidazole rings is 1. The minimum atomic E-state index is 0.506. The summed E-state index contributed by atoms with van der Waals surface area (Å²) in [6.07, 6.45) is 6.94. The molecule has 0 aliphatic heterocycles. The molecule has 0 aromatic carbocycles. The molecule has 0 saturated heterocycles. The van der Waals surface area contributed by atoms with Gasteiger partial charge < -0.3 is 4.90 Å². The van der Waals surface area contributed by atoms with Crippen LogP contribution in [0.3, 0.4) is 0 Å². The highest BCUT2D eigenvalue weighted by Gasteiger charge is 2.31. The number of nitrogens with zero attached hydrogens (tertiary/aromatic N) is 3. The molecule has 0 bridgehead atoms. The van der Waals surface area contributed by atoms with Gasteiger partial charge in [0.15, 0.2) is 12.1 Å². The van der Waals surface area contributed by atoms with Crippen LogP contribution in [0.1, 0.15) is 23.3 Å². The lowest BCUT2D eigenvalue weighted by Crippen LogP contribution is -2.27. The summed E-state index contributed by atoms with van der Waals surface area (Å²) in [7, 11) is 0. The SMILES string of the molecule is C=CCN(c1nc2ccccn2c1C=O)C1CC1. The maximum absolute atomic E-state index is 11.3. The lowest BCUT2D eigenvalue weighted by atomic mass is 10.3. The van der Waals surface area contributed by atoms with Crippen molar-refractivity contribution in [2.75, 3.05) is 11.4 Å². The molecule has 0 radical (unpaired) electrons. The number of hydrogen-bond donors (Lipinski definition) is 0. The fourth-order valence-corrected chi connectivity index (χ4v) is 2.26. The number of anilines is 1. The molecule has 0 unspecified atom stereocenters. The summed E-state index contributed by atoms with van der Waals surface area (Å²) in [5.74, 6) is 0.776. The Morgan fingerprint density at radius 2 is 2.33 bits per heavy atom. The van der Waals surface area contributed by atoms with E-state index in [1.54, 1.807) is 0 Å². The van der Waals surface area contributed by atoms with Crippen LogP contribution in [0, 0.1) is 0 Å². The molecule has 0 N–H and O–H groups in total. The summed E-state index contributed by atoms with van der Waals surface area (Å²) in [5.41, 5.74) is 1.43. The molecule has 4 heteroatoms. The van der Waals surface area contributed by atoms with Gasteiger partial charge >= 0.3 is 0 Å². The molecule has 0 atom stereocenters. The first-order valence-electron chi connectivity index (χ1n) is 6.15. The summed E-state index contributed by atoms with van der Waals surface area (Å²) in [6.45, 7) is 4.51. The van der Waals surface area contributed by atoms with Crippen molar-refractivity contribution in [1.82, 2.24) is 9.38 Å². The monoisotopic (exact) mass is 241 g/mol. The average molecular weight is 241 g/mol. The predicted molar refractivity (Wildman–Crippen MR) is 71.1 cm³/mol. The van der Waals surface area contributed by atoms with Gasteiger partial charge in [-0.1, -0.05) is 12.1 Å². The fourth-order valence-electron chi connectivity index (χ4n) is 2.26. The predicted octanol–water partition coefficient (Wildman–Crippen LogP) is 2.30. The zero-order valence-corrected chi connectivity index (χ0v) is 10.1. The van der Waals surface area contributed by atoms with Gasteiger partial charge in [0.25, 0.3) is 0 Å². The average Bonchev–Trinajstić information content (AvgIpc) is 3.16. The van der Waals surface area contributed by atoms with E-state index < -0.39 is 0 Å². The van der Waals surface area contributed by atoms with Gasteiger partial charge in [-0.15, -0.1) is 6.58 Å². The maximum atomic E-state index is 11.3. The number of pyridine rings is 1. The lowest BCUT2D eigenvalue weighted by molar-refractivity contribution is 0.111. The molecule has 3 rings (SSSR count). The number of hydrogen-bond acceptors (Lipinski definition) is 3. The first-order valence-corrected chi connectivity index (χ1v) is 6.15. The summed E-state index contributed by atoms with van der Waals surface area (Å²) in [5, 5.41) is 0. The van der Waals surface area contributed by atoms with Crippen LogP contribution in [0.15, 0.2) is 37.1 Å². The Bertz CT molecular complexity index is 598. The molecule has 4 nitrogen and oxygen atoms in total. The smallest absolute Gasteiger partial charge is 0.170 e. The van der Waals surface area contributed by atoms with Gasteiger partial charge in [0.1, 0.15) is 11.3 Å². The first-order chi connectivity index (χ1) is 8.85. The standard InChI is InChI=1S/C14H15N3O/c1-2-8-16(11-6-7-11)14-12(10-18)17-9-4-3-5-13(17)15-14/h2-5,9-11H,1,6-8H2. The second-order valence-corrected chi connectivity index (χ2v) is 4.54. The van der Waals surface area contributed by atoms with Crippen molar-refractivity contribution in [2.45, 2.75) is 18.9 Å². The second-order valence-electron chi connectivity index (χ2n) is 4.54. The Balaban J connectivity index is 2.14. The van der Waals surface area contributed by atoms with Gasteiger partial charge in [0.2, 0.25) is 0 Å². The van der Waals surface area contributed by atoms with E-state index in [4.69, 9.17) is 0 Å². The number of aromatic nitrogens is 2. The van der Waals surface area contributed by atoms with E-state index in [9.17, 15) is 4.79 Å². The fraction of sp³-hybridized carbons (Fsp3) is 0.286. The maximum Gasteiger partial charge on any atom is 0.170 e. The third-order valence-electron chi connectivity index (χ3n) is 3.24. The van der Waals surface area contributed by atoms with Gasteiger partial charge in [-0.05, 0) is 25.0 Å². The summed E-state index contributed by atoms with van der Waals surface area (Å²) in [6, 6.07) is 6.25. The van der Waals surface area contributed by atoms with Crippen molar-refractivity contribution >= 4 is 17.8 Å². The highest BCUT2D eigenvalue weighted by Crippen LogP contribution is 2.32. The zero-order valence-electron chi connectivity index (χ0n) is 10.1. The van der Waals surface area contributed by atoms with Gasteiger partial charge in [0.05, 0.1) is 0 Å². The minimum absolute atomic E-state index is 0.506. The molecule has 1 aliphatic carbocycles. The Morgan fingerprint density at radius 1 is 1.50 bits per heavy atom. The third-order valence-corrected chi connectivity index (χ3v) is 3.24. The van der Waals surface area contributed by atoms with Crippen molar-refractivity contribution in [3.63, 3.8) is 0 Å². The highest BCUT2D eigenvalue weighted by atomic mass is 16.1. The lowest BCUT2D eigenvalue weighted by Gasteiger charge is -2.20. The molecule has 18 heavy (non-hydrogen) atoms. The number of carbonyl (C=O) groups excluding carboxylic acids is 1. The zero-order chi connectivity index (χ0) is 12.5. The van der Waals surface area contributed by atoms with Crippen molar-refractivity contribution in [2.24, 2.45) is 0 Å². The molecule has 1 aliphatic rings. The molecule has 2 heterocycles. The van der Waals surface area contributed by atoms with Crippen LogP contribution in [0.25, 0.3) is 5.65 Å². The topological polar surface area (TPSA) is 37.6 Å². The molecule has 92 valence electrons. The van der Waals surface area contributed by atoms with E-state index in [-0.39, 0.29) is 0 Å². The van der Waals surface area contributed by atoms with Crippen molar-refractivity contribution in [3.8, 4) is 0 Å². The van der Waals surface area contributed by atoms with Crippen LogP contribution < -0.4 is 4.90 Å². The van der Waals surface area contributed by atoms with Gasteiger partial charge in [-0.3, -0.25) is 9.20 Å². The number of rotatable bonds is 5. The summed E-state index contributed by atoms with van der Waals surface area (Å²) in [4.78, 5) is 18.1. The van der Waals surface area contributed by atoms with E-state index in [0.29, 0.717) is 11.7 Å². The van der Waals surface area contributed by atoms with Crippen LogP contribution in [0.2, 0.25) is 0 Å². The molecule has 1 saturated carbocycles. The normalized spacial score (nSPS) is 14.7. The molecule has 1 fully saturated rings. The molecule has 0 spiro atoms. The summed E-state index contributed by atoms with van der Waals surface area (Å²) < 4.78 is 1.83. The molecular formula is C14H15N3O. The van der Waals surface area contributed by atoms with Crippen LogP contribution in [0.5, 0.6) is 0 Å². The van der Waals surface area contributed by atoms with Gasteiger partial charge in [-0.25, -0.2) is 4.98 Å². The van der Waals surface area contributed by atoms with Crippen molar-refractivity contribution in [3.05, 3.63) is 42.7 Å². The van der Waals surface area contributed by atoms with Crippen LogP contribution in [0.4, 0.5) is 5.82 Å². The molecule has 2 aromatic rings. The van der Waals surface area contributed by atoms with E-state index in [0.717, 1.165) is 24.3 Å². The molecule has 2 aromatic heterocycles. The Kier molecular flexibility index (Phi) is 2.63. The first kappa shape index (κ1) is 11.0. The van der Waals surface area contributed by atoms with Gasteiger partial charge in [-0.2, -0.15) is 0 Å². The van der Waals surface area contributed by atoms with E-state index in [1.165, 1.54) is 12.8 Å². The number of fused-ring (bicyclic) bond motifs is 1. The Hall–Kier alpha value is -2.10. The second kappa shape index (κ2) is 4.29. The molecular weight excluding hydrogens is 226 g/mol. The van der Waals surface area contributed by atoms with Crippen LogP contribution in [-0.2, 0) is 0 Å². The highest BCUT2D eigenvalue weighted by molar-refractivity contribution is 5.83. The number of carbonyl (C=O) groups is 1. The number of aldehydes is 1. The Labute approximate surface area is 106 Å². The molecule has 0 amide bonds. The minimum Gasteiger partial charge on any atom is -0.348 e. The van der Waals surface area contributed by atoms with Crippen LogP contribution in [-0.4, -0.2) is 28.3 Å². The largest absolute Gasteiger partial charge is 0.348 e. The third kappa shape index (κ3) is 1.70. The van der Waals surface area contributed by atoms with Crippen LogP contribution >= 0.6 is 0 Å². The quantitative estimate of drug-likeness (QED) is 0.595. The van der Waals surface area contributed by atoms with Crippen molar-refractivity contribution in [1.29, 1.82) is 0 Å². The van der Waals surface area contributed by atoms with E-state index >= 15 is 0 Å². The Morgan fingerprint density at radius 3 is 3.00 bits per heavy atom. The van der Waals surface area contributed by atoms with Crippen molar-refractivity contribution < 1.29 is 4.79 Å². The van der Waals surface area contributed by atoms with E-state index in [1.807, 2.05) is 34.9 Å². The summed E-state index contributed by atoms with van der Waals surface area (Å²) >= 11 is 0. The van der Waals surface area contributed by atoms with E-state index in [2.05, 4.69) is 16.5 Å². The van der Waals surface area contributed by atoms with Gasteiger partial charge in [0, 0.05) is 18.8 Å².